The first-order valence-corrected chi connectivity index (χ1v) is 5.13. The zero-order valence-electron chi connectivity index (χ0n) is 9.54. The summed E-state index contributed by atoms with van der Waals surface area (Å²) in [5, 5.41) is 0. The van der Waals surface area contributed by atoms with E-state index in [-0.39, 0.29) is 23.9 Å². The fourth-order valence-corrected chi connectivity index (χ4v) is 1.65. The van der Waals surface area contributed by atoms with E-state index in [0.29, 0.717) is 5.56 Å². The Morgan fingerprint density at radius 3 is 2.47 bits per heavy atom. The number of ether oxygens (including phenoxy) is 1. The van der Waals surface area contributed by atoms with Gasteiger partial charge in [-0.25, -0.2) is 0 Å². The van der Waals surface area contributed by atoms with Crippen molar-refractivity contribution < 1.29 is 22.7 Å². The maximum absolute atomic E-state index is 12.2. The molecular weight excluding hydrogens is 233 g/mol. The van der Waals surface area contributed by atoms with E-state index in [9.17, 15) is 18.0 Å². The monoisotopic (exact) mass is 246 g/mol. The van der Waals surface area contributed by atoms with E-state index in [1.165, 1.54) is 25.1 Å². The molecule has 1 aromatic carbocycles. The molecule has 17 heavy (non-hydrogen) atoms. The largest absolute Gasteiger partial charge is 0.573 e. The first kappa shape index (κ1) is 13.5. The Morgan fingerprint density at radius 1 is 1.35 bits per heavy atom. The molecular formula is C12H13F3O2. The highest BCUT2D eigenvalue weighted by Crippen LogP contribution is 2.32. The van der Waals surface area contributed by atoms with Gasteiger partial charge in [-0.3, -0.25) is 0 Å². The molecule has 0 aromatic heterocycles. The number of halogens is 3. The molecule has 0 amide bonds. The topological polar surface area (TPSA) is 26.3 Å². The molecule has 1 unspecified atom stereocenters. The summed E-state index contributed by atoms with van der Waals surface area (Å²) in [6.07, 6.45) is -4.52. The van der Waals surface area contributed by atoms with Gasteiger partial charge in [0.25, 0.3) is 0 Å². The molecule has 2 nitrogen and oxygen atoms in total. The van der Waals surface area contributed by atoms with Crippen LogP contribution in [0, 0.1) is 0 Å². The van der Waals surface area contributed by atoms with E-state index in [1.54, 1.807) is 13.0 Å². The standard InChI is InChI=1S/C12H13F3O2/c1-8(7-9(2)16)10-5-3-4-6-11(10)17-12(13,14)15/h3-6,8H,7H2,1-2H3. The highest BCUT2D eigenvalue weighted by atomic mass is 19.4. The summed E-state index contributed by atoms with van der Waals surface area (Å²) in [6.45, 7) is 3.10. The van der Waals surface area contributed by atoms with Crippen LogP contribution in [0.15, 0.2) is 24.3 Å². The van der Waals surface area contributed by atoms with E-state index < -0.39 is 6.36 Å². The van der Waals surface area contributed by atoms with Crippen LogP contribution in [-0.4, -0.2) is 12.1 Å². The molecule has 1 aromatic rings. The number of ketones is 1. The molecule has 5 heteroatoms. The van der Waals surface area contributed by atoms with Gasteiger partial charge >= 0.3 is 6.36 Å². The molecule has 0 saturated heterocycles. The van der Waals surface area contributed by atoms with Crippen LogP contribution in [0.5, 0.6) is 5.75 Å². The van der Waals surface area contributed by atoms with Crippen molar-refractivity contribution in [2.45, 2.75) is 32.5 Å². The van der Waals surface area contributed by atoms with Gasteiger partial charge in [0.15, 0.2) is 0 Å². The molecule has 0 bridgehead atoms. The Morgan fingerprint density at radius 2 is 1.94 bits per heavy atom. The van der Waals surface area contributed by atoms with Gasteiger partial charge in [-0.1, -0.05) is 25.1 Å². The smallest absolute Gasteiger partial charge is 0.405 e. The molecule has 0 saturated carbocycles. The number of carbonyl (C=O) groups is 1. The highest BCUT2D eigenvalue weighted by Gasteiger charge is 2.32. The van der Waals surface area contributed by atoms with E-state index >= 15 is 0 Å². The van der Waals surface area contributed by atoms with Crippen LogP contribution < -0.4 is 4.74 Å². The molecule has 0 aliphatic rings. The average molecular weight is 246 g/mol. The Hall–Kier alpha value is -1.52. The summed E-state index contributed by atoms with van der Waals surface area (Å²) >= 11 is 0. The first-order chi connectivity index (χ1) is 7.79. The molecule has 0 aliphatic heterocycles. The molecule has 0 radical (unpaired) electrons. The van der Waals surface area contributed by atoms with Crippen LogP contribution in [0.2, 0.25) is 0 Å². The van der Waals surface area contributed by atoms with Crippen LogP contribution in [-0.2, 0) is 4.79 Å². The van der Waals surface area contributed by atoms with Crippen molar-refractivity contribution >= 4 is 5.78 Å². The number of para-hydroxylation sites is 1. The zero-order valence-corrected chi connectivity index (χ0v) is 9.54. The lowest BCUT2D eigenvalue weighted by Crippen LogP contribution is -2.18. The molecule has 0 aliphatic carbocycles. The van der Waals surface area contributed by atoms with Gasteiger partial charge in [0.2, 0.25) is 0 Å². The number of rotatable bonds is 4. The van der Waals surface area contributed by atoms with Gasteiger partial charge in [-0.2, -0.15) is 0 Å². The van der Waals surface area contributed by atoms with Crippen LogP contribution in [0.25, 0.3) is 0 Å². The predicted octanol–water partition coefficient (Wildman–Crippen LogP) is 3.67. The van der Waals surface area contributed by atoms with Crippen molar-refractivity contribution in [3.63, 3.8) is 0 Å². The molecule has 0 heterocycles. The van der Waals surface area contributed by atoms with Crippen LogP contribution in [0.3, 0.4) is 0 Å². The lowest BCUT2D eigenvalue weighted by atomic mass is 9.95. The normalized spacial score (nSPS) is 13.2. The maximum atomic E-state index is 12.2. The summed E-state index contributed by atoms with van der Waals surface area (Å²) in [6, 6.07) is 5.87. The van der Waals surface area contributed by atoms with E-state index in [4.69, 9.17) is 0 Å². The average Bonchev–Trinajstić information content (AvgIpc) is 2.14. The van der Waals surface area contributed by atoms with Gasteiger partial charge in [-0.05, 0) is 24.5 Å². The molecule has 0 N–H and O–H groups in total. The third-order valence-electron chi connectivity index (χ3n) is 2.27. The van der Waals surface area contributed by atoms with Crippen LogP contribution in [0.4, 0.5) is 13.2 Å². The Bertz CT molecular complexity index is 399. The number of hydrogen-bond acceptors (Lipinski definition) is 2. The molecule has 94 valence electrons. The van der Waals surface area contributed by atoms with Gasteiger partial charge in [-0.15, -0.1) is 13.2 Å². The molecule has 1 rings (SSSR count). The van der Waals surface area contributed by atoms with Gasteiger partial charge < -0.3 is 9.53 Å². The Balaban J connectivity index is 2.95. The molecule has 0 spiro atoms. The van der Waals surface area contributed by atoms with E-state index in [0.717, 1.165) is 0 Å². The summed E-state index contributed by atoms with van der Waals surface area (Å²) in [4.78, 5) is 11.0. The van der Waals surface area contributed by atoms with Crippen LogP contribution in [0.1, 0.15) is 31.7 Å². The fourth-order valence-electron chi connectivity index (χ4n) is 1.65. The fraction of sp³-hybridized carbons (Fsp3) is 0.417. The van der Waals surface area contributed by atoms with E-state index in [2.05, 4.69) is 4.74 Å². The second kappa shape index (κ2) is 5.21. The third-order valence-corrected chi connectivity index (χ3v) is 2.27. The first-order valence-electron chi connectivity index (χ1n) is 5.13. The van der Waals surface area contributed by atoms with E-state index in [1.807, 2.05) is 0 Å². The van der Waals surface area contributed by atoms with Crippen LogP contribution >= 0.6 is 0 Å². The van der Waals surface area contributed by atoms with Crippen molar-refractivity contribution in [2.24, 2.45) is 0 Å². The molecule has 0 fully saturated rings. The number of Topliss-reactive ketones (excluding diaryl/α,β-unsaturated/α-hetero) is 1. The lowest BCUT2D eigenvalue weighted by molar-refractivity contribution is -0.274. The number of benzene rings is 1. The number of alkyl halides is 3. The van der Waals surface area contributed by atoms with Gasteiger partial charge in [0.1, 0.15) is 11.5 Å². The lowest BCUT2D eigenvalue weighted by Gasteiger charge is -2.16. The summed E-state index contributed by atoms with van der Waals surface area (Å²) in [5.41, 5.74) is 0.389. The Kier molecular flexibility index (Phi) is 4.15. The minimum atomic E-state index is -4.72. The maximum Gasteiger partial charge on any atom is 0.573 e. The Labute approximate surface area is 97.4 Å². The quantitative estimate of drug-likeness (QED) is 0.810. The second-order valence-electron chi connectivity index (χ2n) is 3.89. The number of hydrogen-bond donors (Lipinski definition) is 0. The summed E-state index contributed by atoms with van der Waals surface area (Å²) < 4.78 is 40.4. The van der Waals surface area contributed by atoms with Gasteiger partial charge in [0.05, 0.1) is 0 Å². The van der Waals surface area contributed by atoms with Crippen molar-refractivity contribution in [3.8, 4) is 5.75 Å². The third kappa shape index (κ3) is 4.46. The van der Waals surface area contributed by atoms with Crippen molar-refractivity contribution in [2.75, 3.05) is 0 Å². The van der Waals surface area contributed by atoms with Crippen molar-refractivity contribution in [3.05, 3.63) is 29.8 Å². The molecule has 1 atom stereocenters. The number of carbonyl (C=O) groups excluding carboxylic acids is 1. The summed E-state index contributed by atoms with van der Waals surface area (Å²) in [5.74, 6) is -0.612. The minimum absolute atomic E-state index is 0.0701. The second-order valence-corrected chi connectivity index (χ2v) is 3.89. The highest BCUT2D eigenvalue weighted by molar-refractivity contribution is 5.76. The SMILES string of the molecule is CC(=O)CC(C)c1ccccc1OC(F)(F)F. The summed E-state index contributed by atoms with van der Waals surface area (Å²) in [7, 11) is 0. The zero-order chi connectivity index (χ0) is 13.1. The minimum Gasteiger partial charge on any atom is -0.405 e. The van der Waals surface area contributed by atoms with Gasteiger partial charge in [0, 0.05) is 6.42 Å². The van der Waals surface area contributed by atoms with Crippen molar-refractivity contribution in [1.29, 1.82) is 0 Å². The van der Waals surface area contributed by atoms with Crippen molar-refractivity contribution in [1.82, 2.24) is 0 Å². The predicted molar refractivity (Wildman–Crippen MR) is 56.8 cm³/mol.